The van der Waals surface area contributed by atoms with Crippen LogP contribution in [-0.4, -0.2) is 29.4 Å². The van der Waals surface area contributed by atoms with Gasteiger partial charge in [0, 0.05) is 23.6 Å². The molecule has 4 rings (SSSR count). The van der Waals surface area contributed by atoms with Crippen molar-refractivity contribution in [3.8, 4) is 34.3 Å². The number of hydrogen-bond acceptors (Lipinski definition) is 6. The van der Waals surface area contributed by atoms with E-state index in [0.717, 1.165) is 47.5 Å². The smallest absolute Gasteiger partial charge is 0.339 e. The molecule has 7 heteroatoms. The second-order valence-electron chi connectivity index (χ2n) is 8.49. The summed E-state index contributed by atoms with van der Waals surface area (Å²) in [6.07, 6.45) is 4.81. The molecule has 3 aromatic carbocycles. The van der Waals surface area contributed by atoms with Gasteiger partial charge in [0.25, 0.3) is 0 Å². The van der Waals surface area contributed by atoms with E-state index < -0.39 is 5.97 Å². The van der Waals surface area contributed by atoms with Crippen LogP contribution in [-0.2, 0) is 12.8 Å². The number of nitrogens with zero attached hydrogens (tertiary/aromatic N) is 1. The Hall–Kier alpha value is -4.26. The predicted molar refractivity (Wildman–Crippen MR) is 141 cm³/mol. The Balaban J connectivity index is 1.40. The lowest BCUT2D eigenvalue weighted by atomic mass is 10.1. The van der Waals surface area contributed by atoms with Crippen molar-refractivity contribution in [2.24, 2.45) is 0 Å². The van der Waals surface area contributed by atoms with Gasteiger partial charge >= 0.3 is 5.97 Å². The normalized spacial score (nSPS) is 10.8. The fourth-order valence-corrected chi connectivity index (χ4v) is 4.05. The number of carboxylic acid groups (broad SMARTS) is 1. The third-order valence-corrected chi connectivity index (χ3v) is 5.90. The Morgan fingerprint density at radius 2 is 1.65 bits per heavy atom. The third kappa shape index (κ3) is 6.50. The Bertz CT molecular complexity index is 1320. The second-order valence-corrected chi connectivity index (χ2v) is 8.49. The van der Waals surface area contributed by atoms with Gasteiger partial charge in [0.15, 0.2) is 5.76 Å². The first-order valence-electron chi connectivity index (χ1n) is 12.5. The molecule has 1 aromatic heterocycles. The fraction of sp³-hybridized carbons (Fsp3) is 0.267. The number of carbonyl (C=O) groups is 1. The first kappa shape index (κ1) is 25.8. The molecule has 1 heterocycles. The number of aryl methyl sites for hydroxylation is 1. The number of ether oxygens (including phenoxy) is 3. The molecule has 0 aliphatic heterocycles. The molecule has 1 N–H and O–H groups in total. The SMILES string of the molecule is CCCc1c(OCCCOc2cc(-c3ccno3)ccc2CC)cccc1Oc1ccccc1C(=O)O. The molecule has 0 fully saturated rings. The first-order chi connectivity index (χ1) is 18.1. The monoisotopic (exact) mass is 501 g/mol. The average Bonchev–Trinajstić information content (AvgIpc) is 3.45. The maximum atomic E-state index is 11.6. The average molecular weight is 502 g/mol. The van der Waals surface area contributed by atoms with Gasteiger partial charge in [-0.05, 0) is 48.7 Å². The molecular formula is C30H31NO6. The number of hydrogen-bond donors (Lipinski definition) is 1. The van der Waals surface area contributed by atoms with E-state index in [4.69, 9.17) is 18.7 Å². The minimum absolute atomic E-state index is 0.118. The summed E-state index contributed by atoms with van der Waals surface area (Å²) in [5.74, 6) is 2.13. The standard InChI is InChI=1S/C30H31NO6/c1-3-9-23-26(12-7-13-27(23)36-28-11-6-5-10-24(28)30(32)33)34-18-8-19-35-29-20-22(15-14-21(29)4-2)25-16-17-31-37-25/h5-7,10-17,20H,3-4,8-9,18-19H2,1-2H3,(H,32,33). The largest absolute Gasteiger partial charge is 0.493 e. The van der Waals surface area contributed by atoms with Crippen LogP contribution in [0.4, 0.5) is 0 Å². The van der Waals surface area contributed by atoms with Crippen LogP contribution in [0.5, 0.6) is 23.0 Å². The summed E-state index contributed by atoms with van der Waals surface area (Å²) in [5, 5.41) is 13.3. The lowest BCUT2D eigenvalue weighted by Crippen LogP contribution is -2.08. The zero-order chi connectivity index (χ0) is 26.0. The summed E-state index contributed by atoms with van der Waals surface area (Å²) >= 11 is 0. The van der Waals surface area contributed by atoms with Crippen molar-refractivity contribution >= 4 is 5.97 Å². The van der Waals surface area contributed by atoms with Crippen LogP contribution < -0.4 is 14.2 Å². The second kappa shape index (κ2) is 12.6. The molecule has 0 spiro atoms. The highest BCUT2D eigenvalue weighted by Crippen LogP contribution is 2.35. The summed E-state index contributed by atoms with van der Waals surface area (Å²) in [7, 11) is 0. The summed E-state index contributed by atoms with van der Waals surface area (Å²) < 4.78 is 23.5. The Kier molecular flexibility index (Phi) is 8.81. The van der Waals surface area contributed by atoms with Crippen LogP contribution in [0.1, 0.15) is 48.2 Å². The molecular weight excluding hydrogens is 470 g/mol. The van der Waals surface area contributed by atoms with Gasteiger partial charge in [-0.15, -0.1) is 0 Å². The predicted octanol–water partition coefficient (Wildman–Crippen LogP) is 7.19. The molecule has 4 aromatic rings. The molecule has 0 bridgehead atoms. The number of para-hydroxylation sites is 1. The molecule has 0 aliphatic rings. The molecule has 192 valence electrons. The third-order valence-electron chi connectivity index (χ3n) is 5.90. The van der Waals surface area contributed by atoms with Gasteiger partial charge in [0.2, 0.25) is 0 Å². The quantitative estimate of drug-likeness (QED) is 0.194. The van der Waals surface area contributed by atoms with Crippen molar-refractivity contribution in [3.63, 3.8) is 0 Å². The van der Waals surface area contributed by atoms with Crippen LogP contribution in [0.3, 0.4) is 0 Å². The number of rotatable bonds is 13. The van der Waals surface area contributed by atoms with Crippen molar-refractivity contribution in [2.75, 3.05) is 13.2 Å². The van der Waals surface area contributed by atoms with E-state index in [-0.39, 0.29) is 5.56 Å². The lowest BCUT2D eigenvalue weighted by molar-refractivity contribution is 0.0694. The van der Waals surface area contributed by atoms with Crippen molar-refractivity contribution in [2.45, 2.75) is 39.5 Å². The number of benzene rings is 3. The van der Waals surface area contributed by atoms with Crippen LogP contribution in [0.25, 0.3) is 11.3 Å². The minimum Gasteiger partial charge on any atom is -0.493 e. The Labute approximate surface area is 216 Å². The molecule has 0 saturated carbocycles. The first-order valence-corrected chi connectivity index (χ1v) is 12.5. The van der Waals surface area contributed by atoms with E-state index in [1.54, 1.807) is 24.4 Å². The van der Waals surface area contributed by atoms with Crippen molar-refractivity contribution < 1.29 is 28.6 Å². The van der Waals surface area contributed by atoms with E-state index in [0.29, 0.717) is 36.9 Å². The van der Waals surface area contributed by atoms with Gasteiger partial charge in [-0.3, -0.25) is 0 Å². The van der Waals surface area contributed by atoms with Crippen LogP contribution >= 0.6 is 0 Å². The molecule has 7 nitrogen and oxygen atoms in total. The molecule has 37 heavy (non-hydrogen) atoms. The maximum Gasteiger partial charge on any atom is 0.339 e. The molecule has 0 unspecified atom stereocenters. The summed E-state index contributed by atoms with van der Waals surface area (Å²) in [6.45, 7) is 5.14. The van der Waals surface area contributed by atoms with E-state index in [1.807, 2.05) is 36.4 Å². The molecule has 0 saturated heterocycles. The zero-order valence-corrected chi connectivity index (χ0v) is 21.1. The fourth-order valence-electron chi connectivity index (χ4n) is 4.05. The van der Waals surface area contributed by atoms with Crippen LogP contribution in [0, 0.1) is 0 Å². The number of carboxylic acids is 1. The van der Waals surface area contributed by atoms with Gasteiger partial charge in [-0.2, -0.15) is 0 Å². The van der Waals surface area contributed by atoms with E-state index >= 15 is 0 Å². The van der Waals surface area contributed by atoms with Gasteiger partial charge < -0.3 is 23.8 Å². The maximum absolute atomic E-state index is 11.6. The van der Waals surface area contributed by atoms with E-state index in [2.05, 4.69) is 25.1 Å². The van der Waals surface area contributed by atoms with Gasteiger partial charge in [-0.25, -0.2) is 4.79 Å². The number of aromatic carboxylic acids is 1. The van der Waals surface area contributed by atoms with Gasteiger partial charge in [0.1, 0.15) is 28.6 Å². The summed E-state index contributed by atoms with van der Waals surface area (Å²) in [4.78, 5) is 11.6. The topological polar surface area (TPSA) is 91.0 Å². The van der Waals surface area contributed by atoms with Crippen LogP contribution in [0.2, 0.25) is 0 Å². The van der Waals surface area contributed by atoms with Gasteiger partial charge in [-0.1, -0.05) is 55.8 Å². The highest BCUT2D eigenvalue weighted by Gasteiger charge is 2.16. The highest BCUT2D eigenvalue weighted by molar-refractivity contribution is 5.91. The molecule has 0 radical (unpaired) electrons. The highest BCUT2D eigenvalue weighted by atomic mass is 16.5. The van der Waals surface area contributed by atoms with Crippen molar-refractivity contribution in [3.05, 3.63) is 89.6 Å². The summed E-state index contributed by atoms with van der Waals surface area (Å²) in [5.41, 5.74) is 3.08. The van der Waals surface area contributed by atoms with Crippen LogP contribution in [0.15, 0.2) is 77.4 Å². The Morgan fingerprint density at radius 1 is 0.892 bits per heavy atom. The number of aromatic nitrogens is 1. The van der Waals surface area contributed by atoms with E-state index in [1.165, 1.54) is 6.07 Å². The van der Waals surface area contributed by atoms with Crippen molar-refractivity contribution in [1.82, 2.24) is 5.16 Å². The molecule has 0 atom stereocenters. The van der Waals surface area contributed by atoms with Crippen molar-refractivity contribution in [1.29, 1.82) is 0 Å². The van der Waals surface area contributed by atoms with Gasteiger partial charge in [0.05, 0.1) is 19.4 Å². The van der Waals surface area contributed by atoms with E-state index in [9.17, 15) is 9.90 Å². The lowest BCUT2D eigenvalue weighted by Gasteiger charge is -2.17. The Morgan fingerprint density at radius 3 is 2.38 bits per heavy atom. The molecule has 0 amide bonds. The molecule has 0 aliphatic carbocycles. The minimum atomic E-state index is -1.03. The zero-order valence-electron chi connectivity index (χ0n) is 21.1. The summed E-state index contributed by atoms with van der Waals surface area (Å²) in [6, 6.07) is 20.1.